The normalized spacial score (nSPS) is 10.5. The highest BCUT2D eigenvalue weighted by Crippen LogP contribution is 2.19. The Labute approximate surface area is 143 Å². The van der Waals surface area contributed by atoms with Crippen LogP contribution in [0.25, 0.3) is 11.4 Å². The van der Waals surface area contributed by atoms with Crippen LogP contribution in [-0.4, -0.2) is 41.0 Å². The number of hydrogen-bond donors (Lipinski definition) is 0. The third kappa shape index (κ3) is 5.05. The topological polar surface area (TPSA) is 55.3 Å². The fourth-order valence-electron chi connectivity index (χ4n) is 2.21. The molecule has 2 rings (SSSR count). The first-order chi connectivity index (χ1) is 11.5. The quantitative estimate of drug-likeness (QED) is 0.782. The van der Waals surface area contributed by atoms with Crippen LogP contribution in [0.4, 0.5) is 0 Å². The van der Waals surface area contributed by atoms with Crippen molar-refractivity contribution >= 4 is 5.91 Å². The van der Waals surface area contributed by atoms with Crippen molar-refractivity contribution in [2.45, 2.75) is 33.6 Å². The van der Waals surface area contributed by atoms with Crippen LogP contribution in [0.15, 0.2) is 30.3 Å². The summed E-state index contributed by atoms with van der Waals surface area (Å²) in [5.74, 6) is 0.990. The van der Waals surface area contributed by atoms with Crippen LogP contribution in [0.3, 0.4) is 0 Å². The van der Waals surface area contributed by atoms with Crippen LogP contribution in [0.2, 0.25) is 0 Å². The molecule has 1 aromatic carbocycles. The van der Waals surface area contributed by atoms with Gasteiger partial charge in [-0.1, -0.05) is 43.2 Å². The minimum absolute atomic E-state index is 0.00992. The molecule has 0 fully saturated rings. The molecule has 1 heterocycles. The van der Waals surface area contributed by atoms with Gasteiger partial charge in [-0.05, 0) is 20.3 Å². The minimum atomic E-state index is -0.0448. The number of rotatable bonds is 7. The lowest BCUT2D eigenvalue weighted by Gasteiger charge is -2.17. The summed E-state index contributed by atoms with van der Waals surface area (Å²) in [5, 5.41) is 0. The first-order valence-electron chi connectivity index (χ1n) is 8.29. The number of ether oxygens (including phenoxy) is 1. The van der Waals surface area contributed by atoms with E-state index in [2.05, 4.69) is 16.9 Å². The van der Waals surface area contributed by atoms with E-state index < -0.39 is 0 Å². The summed E-state index contributed by atoms with van der Waals surface area (Å²) in [6, 6.07) is 9.76. The molecule has 0 bridgehead atoms. The molecule has 0 unspecified atom stereocenters. The molecule has 128 valence electrons. The average Bonchev–Trinajstić information content (AvgIpc) is 2.57. The van der Waals surface area contributed by atoms with Gasteiger partial charge in [-0.2, -0.15) is 4.98 Å². The third-order valence-corrected chi connectivity index (χ3v) is 3.76. The van der Waals surface area contributed by atoms with Gasteiger partial charge < -0.3 is 9.64 Å². The third-order valence-electron chi connectivity index (χ3n) is 3.76. The minimum Gasteiger partial charge on any atom is -0.467 e. The number of likely N-dealkylation sites (N-methyl/N-ethyl adjacent to an activating group) is 1. The maximum atomic E-state index is 12.1. The molecule has 0 aliphatic carbocycles. The zero-order valence-electron chi connectivity index (χ0n) is 14.9. The summed E-state index contributed by atoms with van der Waals surface area (Å²) in [6.07, 6.45) is 2.05. The lowest BCUT2D eigenvalue weighted by Crippen LogP contribution is -2.32. The number of carbonyl (C=O) groups is 1. The Morgan fingerprint density at radius 3 is 2.54 bits per heavy atom. The molecule has 0 spiro atoms. The van der Waals surface area contributed by atoms with E-state index in [0.29, 0.717) is 11.7 Å². The lowest BCUT2D eigenvalue weighted by molar-refractivity contribution is -0.132. The number of aryl methyl sites for hydroxylation is 2. The predicted molar refractivity (Wildman–Crippen MR) is 95.0 cm³/mol. The van der Waals surface area contributed by atoms with E-state index in [-0.39, 0.29) is 12.5 Å². The summed E-state index contributed by atoms with van der Waals surface area (Å²) in [5.41, 5.74) is 2.92. The first-order valence-corrected chi connectivity index (χ1v) is 8.29. The molecule has 24 heavy (non-hydrogen) atoms. The van der Waals surface area contributed by atoms with Crippen LogP contribution in [0.5, 0.6) is 5.88 Å². The van der Waals surface area contributed by atoms with Gasteiger partial charge >= 0.3 is 0 Å². The molecule has 0 radical (unpaired) electrons. The number of unbranched alkanes of at least 4 members (excludes halogenated alkanes) is 1. The molecule has 2 aromatic rings. The van der Waals surface area contributed by atoms with Crippen molar-refractivity contribution in [1.29, 1.82) is 0 Å². The Hall–Kier alpha value is -2.43. The molecular formula is C19H25N3O2. The Kier molecular flexibility index (Phi) is 6.29. The predicted octanol–water partition coefficient (Wildman–Crippen LogP) is 3.40. The largest absolute Gasteiger partial charge is 0.467 e. The molecule has 1 aromatic heterocycles. The molecule has 0 N–H and O–H groups in total. The highest BCUT2D eigenvalue weighted by Gasteiger charge is 2.11. The van der Waals surface area contributed by atoms with Gasteiger partial charge in [0.1, 0.15) is 0 Å². The molecule has 0 atom stereocenters. The Morgan fingerprint density at radius 2 is 1.88 bits per heavy atom. The van der Waals surface area contributed by atoms with Gasteiger partial charge in [0.2, 0.25) is 5.88 Å². The highest BCUT2D eigenvalue weighted by molar-refractivity contribution is 5.77. The van der Waals surface area contributed by atoms with Crippen molar-refractivity contribution in [2.24, 2.45) is 0 Å². The Morgan fingerprint density at radius 1 is 1.17 bits per heavy atom. The van der Waals surface area contributed by atoms with Gasteiger partial charge in [0.25, 0.3) is 5.91 Å². The maximum Gasteiger partial charge on any atom is 0.260 e. The van der Waals surface area contributed by atoms with Gasteiger partial charge in [-0.15, -0.1) is 0 Å². The second-order valence-corrected chi connectivity index (χ2v) is 5.99. The van der Waals surface area contributed by atoms with Crippen molar-refractivity contribution < 1.29 is 9.53 Å². The van der Waals surface area contributed by atoms with Crippen molar-refractivity contribution in [2.75, 3.05) is 20.2 Å². The molecule has 0 saturated heterocycles. The van der Waals surface area contributed by atoms with E-state index in [9.17, 15) is 4.79 Å². The van der Waals surface area contributed by atoms with Crippen molar-refractivity contribution in [3.05, 3.63) is 41.6 Å². The zero-order valence-corrected chi connectivity index (χ0v) is 14.9. The van der Waals surface area contributed by atoms with Gasteiger partial charge in [0, 0.05) is 30.9 Å². The fraction of sp³-hybridized carbons (Fsp3) is 0.421. The zero-order chi connectivity index (χ0) is 17.5. The summed E-state index contributed by atoms with van der Waals surface area (Å²) >= 11 is 0. The van der Waals surface area contributed by atoms with E-state index in [1.54, 1.807) is 18.0 Å². The molecule has 1 amide bonds. The summed E-state index contributed by atoms with van der Waals surface area (Å²) < 4.78 is 5.59. The van der Waals surface area contributed by atoms with E-state index in [1.807, 2.05) is 38.1 Å². The van der Waals surface area contributed by atoms with Gasteiger partial charge in [-0.3, -0.25) is 4.79 Å². The summed E-state index contributed by atoms with van der Waals surface area (Å²) in [4.78, 5) is 22.6. The molecule has 0 aliphatic heterocycles. The van der Waals surface area contributed by atoms with Crippen molar-refractivity contribution in [3.8, 4) is 17.3 Å². The molecular weight excluding hydrogens is 302 g/mol. The van der Waals surface area contributed by atoms with E-state index in [1.165, 1.54) is 5.56 Å². The van der Waals surface area contributed by atoms with E-state index in [4.69, 9.17) is 4.74 Å². The number of nitrogens with zero attached hydrogens (tertiary/aromatic N) is 3. The lowest BCUT2D eigenvalue weighted by atomic mass is 10.1. The van der Waals surface area contributed by atoms with E-state index in [0.717, 1.165) is 30.6 Å². The fourth-order valence-corrected chi connectivity index (χ4v) is 2.21. The standard InChI is InChI=1S/C19H25N3O2/c1-5-6-11-22(4)18(23)13-24-17-12-15(3)20-19(21-17)16-9-7-14(2)8-10-16/h7-10,12H,5-6,11,13H2,1-4H3. The summed E-state index contributed by atoms with van der Waals surface area (Å²) in [6.45, 7) is 6.77. The monoisotopic (exact) mass is 327 g/mol. The summed E-state index contributed by atoms with van der Waals surface area (Å²) in [7, 11) is 1.80. The Bertz CT molecular complexity index is 684. The number of carbonyl (C=O) groups excluding carboxylic acids is 1. The van der Waals surface area contributed by atoms with Crippen LogP contribution >= 0.6 is 0 Å². The van der Waals surface area contributed by atoms with Crippen LogP contribution in [0, 0.1) is 13.8 Å². The Balaban J connectivity index is 2.06. The maximum absolute atomic E-state index is 12.1. The van der Waals surface area contributed by atoms with Crippen LogP contribution in [-0.2, 0) is 4.79 Å². The van der Waals surface area contributed by atoms with Gasteiger partial charge in [0.05, 0.1) is 0 Å². The number of benzene rings is 1. The number of hydrogen-bond acceptors (Lipinski definition) is 4. The number of aromatic nitrogens is 2. The van der Waals surface area contributed by atoms with Gasteiger partial charge in [0.15, 0.2) is 12.4 Å². The second-order valence-electron chi connectivity index (χ2n) is 5.99. The molecule has 0 aliphatic rings. The molecule has 0 saturated carbocycles. The first kappa shape index (κ1) is 17.9. The number of amides is 1. The highest BCUT2D eigenvalue weighted by atomic mass is 16.5. The molecule has 5 nitrogen and oxygen atoms in total. The SMILES string of the molecule is CCCCN(C)C(=O)COc1cc(C)nc(-c2ccc(C)cc2)n1. The van der Waals surface area contributed by atoms with Gasteiger partial charge in [-0.25, -0.2) is 4.98 Å². The van der Waals surface area contributed by atoms with E-state index >= 15 is 0 Å². The van der Waals surface area contributed by atoms with Crippen molar-refractivity contribution in [3.63, 3.8) is 0 Å². The average molecular weight is 327 g/mol. The van der Waals surface area contributed by atoms with Crippen LogP contribution in [0.1, 0.15) is 31.0 Å². The second kappa shape index (κ2) is 8.43. The molecule has 5 heteroatoms. The smallest absolute Gasteiger partial charge is 0.260 e. The van der Waals surface area contributed by atoms with Crippen molar-refractivity contribution in [1.82, 2.24) is 14.9 Å². The van der Waals surface area contributed by atoms with Crippen LogP contribution < -0.4 is 4.74 Å².